The van der Waals surface area contributed by atoms with E-state index in [1.54, 1.807) is 24.3 Å². The molecule has 7 heteroatoms. The number of nitrogens with zero attached hydrogens (tertiary/aromatic N) is 1. The first-order valence-corrected chi connectivity index (χ1v) is 13.4. The first-order chi connectivity index (χ1) is 16.1. The van der Waals surface area contributed by atoms with Gasteiger partial charge < -0.3 is 5.73 Å². The normalized spacial score (nSPS) is 13.6. The van der Waals surface area contributed by atoms with Gasteiger partial charge in [-0.05, 0) is 63.3 Å². The number of unbranched alkanes of at least 4 members (excludes halogenated alkanes) is 1. The average Bonchev–Trinajstić information content (AvgIpc) is 2.79. The van der Waals surface area contributed by atoms with Crippen LogP contribution in [0.3, 0.4) is 0 Å². The van der Waals surface area contributed by atoms with Crippen LogP contribution >= 0.6 is 0 Å². The summed E-state index contributed by atoms with van der Waals surface area (Å²) >= 11 is 0. The van der Waals surface area contributed by atoms with Crippen LogP contribution in [0, 0.1) is 18.8 Å². The Morgan fingerprint density at radius 1 is 1.00 bits per heavy atom. The number of carbonyl (C=O) groups excluding carboxylic acids is 2. The molecule has 186 valence electrons. The molecule has 0 radical (unpaired) electrons. The van der Waals surface area contributed by atoms with Crippen LogP contribution in [0.5, 0.6) is 0 Å². The highest BCUT2D eigenvalue weighted by Crippen LogP contribution is 2.23. The van der Waals surface area contributed by atoms with Crippen molar-refractivity contribution in [2.45, 2.75) is 57.8 Å². The summed E-state index contributed by atoms with van der Waals surface area (Å²) in [5.74, 6) is -0.477. The van der Waals surface area contributed by atoms with Crippen LogP contribution in [0.25, 0.3) is 0 Å². The van der Waals surface area contributed by atoms with E-state index in [4.69, 9.17) is 5.73 Å². The molecule has 2 unspecified atom stereocenters. The number of carbonyl (C=O) groups is 2. The third-order valence-corrected chi connectivity index (χ3v) is 7.84. The minimum atomic E-state index is -3.89. The highest BCUT2D eigenvalue weighted by molar-refractivity contribution is 7.89. The van der Waals surface area contributed by atoms with E-state index in [0.29, 0.717) is 13.0 Å². The van der Waals surface area contributed by atoms with E-state index in [1.165, 1.54) is 11.2 Å². The zero-order valence-electron chi connectivity index (χ0n) is 20.6. The third kappa shape index (κ3) is 8.78. The third-order valence-electron chi connectivity index (χ3n) is 6.02. The van der Waals surface area contributed by atoms with E-state index in [0.717, 1.165) is 30.4 Å². The number of aryl methyl sites for hydroxylation is 1. The second kappa shape index (κ2) is 13.5. The molecule has 0 spiro atoms. The zero-order chi connectivity index (χ0) is 25.1. The Balaban J connectivity index is 2.29. The minimum Gasteiger partial charge on any atom is -0.330 e. The second-order valence-corrected chi connectivity index (χ2v) is 11.2. The van der Waals surface area contributed by atoms with Crippen LogP contribution < -0.4 is 5.73 Å². The molecule has 0 saturated heterocycles. The van der Waals surface area contributed by atoms with Gasteiger partial charge in [-0.3, -0.25) is 9.59 Å². The molecule has 0 amide bonds. The summed E-state index contributed by atoms with van der Waals surface area (Å²) in [5, 5.41) is 0. The largest absolute Gasteiger partial charge is 0.330 e. The average molecular weight is 487 g/mol. The number of nitrogens with two attached hydrogens (primary N) is 1. The Morgan fingerprint density at radius 2 is 1.65 bits per heavy atom. The summed E-state index contributed by atoms with van der Waals surface area (Å²) in [4.78, 5) is 25.2. The highest BCUT2D eigenvalue weighted by Gasteiger charge is 2.30. The Kier molecular flexibility index (Phi) is 11.1. The molecule has 0 aliphatic heterocycles. The van der Waals surface area contributed by atoms with Crippen molar-refractivity contribution in [3.8, 4) is 0 Å². The van der Waals surface area contributed by atoms with Gasteiger partial charge in [-0.25, -0.2) is 8.42 Å². The van der Waals surface area contributed by atoms with Crippen molar-refractivity contribution in [1.82, 2.24) is 4.31 Å². The molecule has 0 bridgehead atoms. The molecule has 2 aromatic carbocycles. The van der Waals surface area contributed by atoms with Gasteiger partial charge in [-0.1, -0.05) is 61.4 Å². The Morgan fingerprint density at radius 3 is 2.24 bits per heavy atom. The second-order valence-electron chi connectivity index (χ2n) is 9.22. The first kappa shape index (κ1) is 27.9. The van der Waals surface area contributed by atoms with Gasteiger partial charge >= 0.3 is 0 Å². The van der Waals surface area contributed by atoms with Gasteiger partial charge in [0.25, 0.3) is 0 Å². The smallest absolute Gasteiger partial charge is 0.243 e. The molecule has 0 aliphatic carbocycles. The topological polar surface area (TPSA) is 97.5 Å². The maximum Gasteiger partial charge on any atom is 0.243 e. The predicted octanol–water partition coefficient (Wildman–Crippen LogP) is 4.16. The monoisotopic (exact) mass is 486 g/mol. The van der Waals surface area contributed by atoms with E-state index in [-0.39, 0.29) is 47.8 Å². The van der Waals surface area contributed by atoms with Crippen LogP contribution in [0.1, 0.15) is 50.7 Å². The van der Waals surface area contributed by atoms with Gasteiger partial charge in [0.05, 0.1) is 11.4 Å². The van der Waals surface area contributed by atoms with Crippen molar-refractivity contribution in [1.29, 1.82) is 0 Å². The summed E-state index contributed by atoms with van der Waals surface area (Å²) in [6, 6.07) is 16.4. The molecule has 0 aliphatic rings. The van der Waals surface area contributed by atoms with Gasteiger partial charge in [-0.15, -0.1) is 0 Å². The zero-order valence-corrected chi connectivity index (χ0v) is 21.4. The van der Waals surface area contributed by atoms with Gasteiger partial charge in [0.15, 0.2) is 0 Å². The van der Waals surface area contributed by atoms with Crippen LogP contribution in [0.2, 0.25) is 0 Å². The highest BCUT2D eigenvalue weighted by atomic mass is 32.2. The number of Topliss-reactive ketones (excluding diaryl/α,β-unsaturated/α-hetero) is 2. The SMILES string of the molecule is CC(=O)CN(CC(CC(=O)C(C)CCCCN)Cc1ccccc1)S(=O)(=O)c1ccc(C)cc1. The van der Waals surface area contributed by atoms with E-state index >= 15 is 0 Å². The number of benzene rings is 2. The van der Waals surface area contributed by atoms with E-state index in [2.05, 4.69) is 0 Å². The van der Waals surface area contributed by atoms with Crippen LogP contribution in [-0.4, -0.2) is 43.9 Å². The molecular weight excluding hydrogens is 448 g/mol. The fraction of sp³-hybridized carbons (Fsp3) is 0.481. The number of rotatable bonds is 15. The molecule has 2 aromatic rings. The van der Waals surface area contributed by atoms with Gasteiger partial charge in [0, 0.05) is 18.9 Å². The predicted molar refractivity (Wildman–Crippen MR) is 136 cm³/mol. The molecule has 2 rings (SSSR count). The van der Waals surface area contributed by atoms with Gasteiger partial charge in [0.1, 0.15) is 11.6 Å². The molecule has 0 aromatic heterocycles. The van der Waals surface area contributed by atoms with Crippen molar-refractivity contribution in [3.05, 3.63) is 65.7 Å². The van der Waals surface area contributed by atoms with Crippen molar-refractivity contribution in [3.63, 3.8) is 0 Å². The summed E-state index contributed by atoms with van der Waals surface area (Å²) in [6.45, 7) is 5.69. The first-order valence-electron chi connectivity index (χ1n) is 12.0. The fourth-order valence-corrected chi connectivity index (χ4v) is 5.57. The fourth-order valence-electron chi connectivity index (χ4n) is 4.03. The number of sulfonamides is 1. The summed E-state index contributed by atoms with van der Waals surface area (Å²) in [5.41, 5.74) is 7.56. The number of hydrogen-bond donors (Lipinski definition) is 1. The summed E-state index contributed by atoms with van der Waals surface area (Å²) < 4.78 is 28.1. The lowest BCUT2D eigenvalue weighted by atomic mass is 9.88. The molecule has 0 fully saturated rings. The van der Waals surface area contributed by atoms with Crippen molar-refractivity contribution in [2.24, 2.45) is 17.6 Å². The molecule has 6 nitrogen and oxygen atoms in total. The van der Waals surface area contributed by atoms with Crippen LogP contribution in [0.15, 0.2) is 59.5 Å². The summed E-state index contributed by atoms with van der Waals surface area (Å²) in [7, 11) is -3.89. The quantitative estimate of drug-likeness (QED) is 0.381. The molecule has 34 heavy (non-hydrogen) atoms. The maximum absolute atomic E-state index is 13.4. The molecular formula is C27H38N2O4S. The van der Waals surface area contributed by atoms with E-state index in [9.17, 15) is 18.0 Å². The molecule has 2 atom stereocenters. The standard InChI is InChI=1S/C27H38N2O4S/c1-21-12-14-26(15-13-21)34(32,33)29(19-23(3)30)20-25(17-24-10-5-4-6-11-24)18-27(31)22(2)9-7-8-16-28/h4-6,10-15,22,25H,7-9,16-20,28H2,1-3H3. The molecule has 0 saturated carbocycles. The van der Waals surface area contributed by atoms with Crippen molar-refractivity contribution < 1.29 is 18.0 Å². The minimum absolute atomic E-state index is 0.103. The van der Waals surface area contributed by atoms with Crippen LogP contribution in [0.4, 0.5) is 0 Å². The Bertz CT molecular complexity index is 1020. The Hall–Kier alpha value is -2.35. The maximum atomic E-state index is 13.4. The van der Waals surface area contributed by atoms with Crippen LogP contribution in [-0.2, 0) is 26.0 Å². The van der Waals surface area contributed by atoms with E-state index < -0.39 is 10.0 Å². The Labute approximate surface area is 204 Å². The molecule has 0 heterocycles. The number of hydrogen-bond acceptors (Lipinski definition) is 5. The lowest BCUT2D eigenvalue weighted by Gasteiger charge is -2.27. The van der Waals surface area contributed by atoms with Crippen molar-refractivity contribution >= 4 is 21.6 Å². The lowest BCUT2D eigenvalue weighted by molar-refractivity contribution is -0.123. The van der Waals surface area contributed by atoms with Crippen molar-refractivity contribution in [2.75, 3.05) is 19.6 Å². The number of ketones is 2. The van der Waals surface area contributed by atoms with Gasteiger partial charge in [-0.2, -0.15) is 4.31 Å². The van der Waals surface area contributed by atoms with E-state index in [1.807, 2.05) is 44.2 Å². The molecule has 2 N–H and O–H groups in total. The lowest BCUT2D eigenvalue weighted by Crippen LogP contribution is -2.40. The van der Waals surface area contributed by atoms with Gasteiger partial charge in [0.2, 0.25) is 10.0 Å². The summed E-state index contributed by atoms with van der Waals surface area (Å²) in [6.07, 6.45) is 3.36.